The predicted molar refractivity (Wildman–Crippen MR) is 114 cm³/mol. The van der Waals surface area contributed by atoms with Gasteiger partial charge in [0, 0.05) is 11.4 Å². The van der Waals surface area contributed by atoms with Crippen molar-refractivity contribution in [2.24, 2.45) is 11.1 Å². The molecule has 30 heavy (non-hydrogen) atoms. The van der Waals surface area contributed by atoms with E-state index in [0.29, 0.717) is 17.8 Å². The van der Waals surface area contributed by atoms with Crippen molar-refractivity contribution in [3.05, 3.63) is 40.5 Å². The Labute approximate surface area is 176 Å². The van der Waals surface area contributed by atoms with Crippen LogP contribution in [0, 0.1) is 11.2 Å². The Morgan fingerprint density at radius 1 is 1.40 bits per heavy atom. The van der Waals surface area contributed by atoms with E-state index in [4.69, 9.17) is 10.8 Å². The van der Waals surface area contributed by atoms with Crippen molar-refractivity contribution >= 4 is 11.6 Å². The third kappa shape index (κ3) is 3.71. The Kier molecular flexibility index (Phi) is 5.34. The zero-order valence-corrected chi connectivity index (χ0v) is 18.0. The van der Waals surface area contributed by atoms with Crippen LogP contribution in [0.2, 0.25) is 0 Å². The second-order valence-corrected chi connectivity index (χ2v) is 9.44. The molecule has 7 heteroatoms. The van der Waals surface area contributed by atoms with Crippen LogP contribution >= 0.6 is 0 Å². The molecule has 0 bridgehead atoms. The van der Waals surface area contributed by atoms with Gasteiger partial charge in [-0.05, 0) is 68.1 Å². The van der Waals surface area contributed by atoms with Crippen molar-refractivity contribution in [1.82, 2.24) is 9.78 Å². The van der Waals surface area contributed by atoms with Crippen LogP contribution in [0.1, 0.15) is 73.8 Å². The number of nitrogens with one attached hydrogen (secondary N) is 1. The number of carbonyl (C=O) groups is 1. The first-order chi connectivity index (χ1) is 14.2. The largest absolute Gasteiger partial charge is 0.391 e. The lowest BCUT2D eigenvalue weighted by molar-refractivity contribution is 0.1000. The number of aromatic nitrogens is 2. The summed E-state index contributed by atoms with van der Waals surface area (Å²) in [5, 5.41) is 18.2. The highest BCUT2D eigenvalue weighted by Crippen LogP contribution is 2.38. The van der Waals surface area contributed by atoms with E-state index >= 15 is 4.39 Å². The van der Waals surface area contributed by atoms with Crippen LogP contribution in [-0.2, 0) is 19.3 Å². The van der Waals surface area contributed by atoms with Crippen molar-refractivity contribution in [2.75, 3.05) is 5.32 Å². The number of primary amides is 1. The Morgan fingerprint density at radius 3 is 2.80 bits per heavy atom. The van der Waals surface area contributed by atoms with Gasteiger partial charge in [-0.15, -0.1) is 0 Å². The van der Waals surface area contributed by atoms with E-state index in [2.05, 4.69) is 26.1 Å². The first kappa shape index (κ1) is 20.8. The summed E-state index contributed by atoms with van der Waals surface area (Å²) in [6.07, 6.45) is 5.52. The average molecular weight is 415 g/mol. The van der Waals surface area contributed by atoms with Crippen molar-refractivity contribution in [3.63, 3.8) is 0 Å². The Balaban J connectivity index is 1.82. The number of aliphatic hydroxyl groups excluding tert-OH is 1. The molecule has 6 nitrogen and oxygen atoms in total. The van der Waals surface area contributed by atoms with Gasteiger partial charge in [-0.1, -0.05) is 20.8 Å². The van der Waals surface area contributed by atoms with Crippen LogP contribution in [0.4, 0.5) is 10.1 Å². The van der Waals surface area contributed by atoms with Gasteiger partial charge in [-0.3, -0.25) is 4.79 Å². The highest BCUT2D eigenvalue weighted by Gasteiger charge is 2.32. The van der Waals surface area contributed by atoms with Crippen molar-refractivity contribution in [1.29, 1.82) is 0 Å². The van der Waals surface area contributed by atoms with E-state index in [0.717, 1.165) is 49.9 Å². The number of anilines is 1. The van der Waals surface area contributed by atoms with E-state index in [1.165, 1.54) is 11.6 Å². The molecule has 2 aromatic rings. The topological polar surface area (TPSA) is 93.2 Å². The monoisotopic (exact) mass is 414 g/mol. The molecular weight excluding hydrogens is 383 g/mol. The number of halogens is 1. The van der Waals surface area contributed by atoms with Crippen LogP contribution < -0.4 is 11.1 Å². The molecule has 0 unspecified atom stereocenters. The van der Waals surface area contributed by atoms with Gasteiger partial charge in [-0.25, -0.2) is 9.07 Å². The fourth-order valence-corrected chi connectivity index (χ4v) is 4.85. The molecule has 2 aliphatic rings. The summed E-state index contributed by atoms with van der Waals surface area (Å²) in [7, 11) is 0. The fourth-order valence-electron chi connectivity index (χ4n) is 4.85. The molecule has 162 valence electrons. The number of nitrogens with two attached hydrogens (primary N) is 1. The average Bonchev–Trinajstić information content (AvgIpc) is 3.24. The number of nitrogens with zero attached hydrogens (tertiary/aromatic N) is 2. The SMILES string of the molecule is CCc1nn(-c2cc(N[C@H]3CCC[C@@H]3O)c(C(N)=O)cc2F)c2c1CCC(C)(C)C2. The number of hydrogen-bond acceptors (Lipinski definition) is 4. The van der Waals surface area contributed by atoms with Gasteiger partial charge in [-0.2, -0.15) is 5.10 Å². The van der Waals surface area contributed by atoms with E-state index in [1.807, 2.05) is 0 Å². The van der Waals surface area contributed by atoms with Crippen molar-refractivity contribution in [3.8, 4) is 5.69 Å². The standard InChI is InChI=1S/C23H31FN4O2/c1-4-16-13-8-9-23(2,3)12-20(13)28(27-16)19-11-18(14(22(25)30)10-15(19)24)26-17-6-5-7-21(17)29/h10-11,17,21,26,29H,4-9,12H2,1-3H3,(H2,25,30)/t17-,21-/m0/s1. The maximum Gasteiger partial charge on any atom is 0.250 e. The van der Waals surface area contributed by atoms with Gasteiger partial charge in [0.05, 0.1) is 23.4 Å². The number of carbonyl (C=O) groups excluding carboxylic acids is 1. The van der Waals surface area contributed by atoms with Crippen molar-refractivity contribution < 1.29 is 14.3 Å². The smallest absolute Gasteiger partial charge is 0.250 e. The number of benzene rings is 1. The second-order valence-electron chi connectivity index (χ2n) is 9.44. The van der Waals surface area contributed by atoms with Gasteiger partial charge < -0.3 is 16.2 Å². The Bertz CT molecular complexity index is 982. The third-order valence-corrected chi connectivity index (χ3v) is 6.61. The number of hydrogen-bond donors (Lipinski definition) is 3. The highest BCUT2D eigenvalue weighted by molar-refractivity contribution is 5.99. The number of aliphatic hydroxyl groups is 1. The maximum atomic E-state index is 15.2. The molecule has 1 aromatic carbocycles. The first-order valence-electron chi connectivity index (χ1n) is 10.9. The minimum absolute atomic E-state index is 0.0902. The van der Waals surface area contributed by atoms with Crippen LogP contribution in [0.15, 0.2) is 12.1 Å². The highest BCUT2D eigenvalue weighted by atomic mass is 19.1. The number of rotatable bonds is 5. The molecule has 1 saturated carbocycles. The molecule has 1 aromatic heterocycles. The summed E-state index contributed by atoms with van der Waals surface area (Å²) in [6.45, 7) is 6.51. The molecule has 1 heterocycles. The van der Waals surface area contributed by atoms with E-state index in [-0.39, 0.29) is 17.0 Å². The van der Waals surface area contributed by atoms with Crippen LogP contribution in [0.25, 0.3) is 5.69 Å². The fraction of sp³-hybridized carbons (Fsp3) is 0.565. The molecular formula is C23H31FN4O2. The normalized spacial score (nSPS) is 22.7. The number of aryl methyl sites for hydroxylation is 1. The molecule has 1 fully saturated rings. The Hall–Kier alpha value is -2.41. The summed E-state index contributed by atoms with van der Waals surface area (Å²) in [4.78, 5) is 12.0. The van der Waals surface area contributed by atoms with Gasteiger partial charge in [0.2, 0.25) is 0 Å². The zero-order chi connectivity index (χ0) is 21.6. The van der Waals surface area contributed by atoms with Gasteiger partial charge in [0.25, 0.3) is 5.91 Å². The minimum Gasteiger partial charge on any atom is -0.391 e. The molecule has 2 aliphatic carbocycles. The summed E-state index contributed by atoms with van der Waals surface area (Å²) in [5.41, 5.74) is 9.75. The second kappa shape index (κ2) is 7.69. The zero-order valence-electron chi connectivity index (χ0n) is 18.0. The van der Waals surface area contributed by atoms with Crippen LogP contribution in [0.5, 0.6) is 0 Å². The summed E-state index contributed by atoms with van der Waals surface area (Å²) in [5.74, 6) is -1.23. The lowest BCUT2D eigenvalue weighted by Crippen LogP contribution is -2.29. The Morgan fingerprint density at radius 2 is 2.17 bits per heavy atom. The summed E-state index contributed by atoms with van der Waals surface area (Å²) >= 11 is 0. The number of fused-ring (bicyclic) bond motifs is 1. The molecule has 1 amide bonds. The molecule has 0 aliphatic heterocycles. The van der Waals surface area contributed by atoms with Gasteiger partial charge in [0.1, 0.15) is 11.5 Å². The predicted octanol–water partition coefficient (Wildman–Crippen LogP) is 3.51. The van der Waals surface area contributed by atoms with E-state index < -0.39 is 17.8 Å². The van der Waals surface area contributed by atoms with Gasteiger partial charge >= 0.3 is 0 Å². The molecule has 0 saturated heterocycles. The molecule has 4 rings (SSSR count). The molecule has 0 radical (unpaired) electrons. The molecule has 0 spiro atoms. The molecule has 2 atom stereocenters. The summed E-state index contributed by atoms with van der Waals surface area (Å²) in [6, 6.07) is 2.63. The van der Waals surface area contributed by atoms with Crippen molar-refractivity contribution in [2.45, 2.75) is 77.9 Å². The maximum absolute atomic E-state index is 15.2. The summed E-state index contributed by atoms with van der Waals surface area (Å²) < 4.78 is 16.9. The van der Waals surface area contributed by atoms with Gasteiger partial charge in [0.15, 0.2) is 0 Å². The van der Waals surface area contributed by atoms with Crippen LogP contribution in [0.3, 0.4) is 0 Å². The molecule has 4 N–H and O–H groups in total. The third-order valence-electron chi connectivity index (χ3n) is 6.61. The number of amides is 1. The first-order valence-corrected chi connectivity index (χ1v) is 10.9. The minimum atomic E-state index is -0.701. The lowest BCUT2D eigenvalue weighted by atomic mass is 9.76. The quantitative estimate of drug-likeness (QED) is 0.698. The lowest BCUT2D eigenvalue weighted by Gasteiger charge is -2.30. The van der Waals surface area contributed by atoms with E-state index in [9.17, 15) is 9.90 Å². The van der Waals surface area contributed by atoms with Crippen LogP contribution in [-0.4, -0.2) is 32.9 Å². The van der Waals surface area contributed by atoms with E-state index in [1.54, 1.807) is 10.7 Å².